The van der Waals surface area contributed by atoms with Gasteiger partial charge in [-0.1, -0.05) is 24.3 Å². The van der Waals surface area contributed by atoms with Crippen molar-refractivity contribution >= 4 is 0 Å². The average Bonchev–Trinajstić information content (AvgIpc) is 2.53. The van der Waals surface area contributed by atoms with E-state index < -0.39 is 0 Å². The molecule has 1 aromatic carbocycles. The molecule has 1 saturated heterocycles. The second-order valence-electron chi connectivity index (χ2n) is 6.23. The van der Waals surface area contributed by atoms with E-state index in [0.29, 0.717) is 5.92 Å². The number of hydrogen-bond donors (Lipinski definition) is 1. The fourth-order valence-electron chi connectivity index (χ4n) is 3.22. The Balaban J connectivity index is 1.57. The van der Waals surface area contributed by atoms with Crippen LogP contribution in [0, 0.1) is 12.8 Å². The lowest BCUT2D eigenvalue weighted by Crippen LogP contribution is -2.44. The highest BCUT2D eigenvalue weighted by molar-refractivity contribution is 5.26. The van der Waals surface area contributed by atoms with Crippen molar-refractivity contribution in [3.05, 3.63) is 59.7 Å². The van der Waals surface area contributed by atoms with E-state index >= 15 is 0 Å². The summed E-state index contributed by atoms with van der Waals surface area (Å²) < 4.78 is 0. The van der Waals surface area contributed by atoms with Crippen molar-refractivity contribution in [3.63, 3.8) is 0 Å². The highest BCUT2D eigenvalue weighted by Crippen LogP contribution is 2.24. The van der Waals surface area contributed by atoms with Crippen LogP contribution in [-0.2, 0) is 13.0 Å². The van der Waals surface area contributed by atoms with Crippen LogP contribution in [0.4, 0.5) is 0 Å². The topological polar surface area (TPSA) is 49.2 Å². The number of rotatable bonds is 4. The van der Waals surface area contributed by atoms with Gasteiger partial charge in [-0.2, -0.15) is 0 Å². The fraction of sp³-hybridized carbons (Fsp3) is 0.444. The van der Waals surface area contributed by atoms with E-state index in [0.717, 1.165) is 38.0 Å². The van der Waals surface area contributed by atoms with Gasteiger partial charge >= 0.3 is 0 Å². The van der Waals surface area contributed by atoms with E-state index in [1.54, 1.807) is 6.33 Å². The fourth-order valence-corrected chi connectivity index (χ4v) is 3.22. The predicted molar refractivity (Wildman–Crippen MR) is 86.3 cm³/mol. The number of β-amino-alcohol motifs (C(OH)–C–C–N with tert-alkyl or cyclic N) is 1. The summed E-state index contributed by atoms with van der Waals surface area (Å²) in [5.41, 5.74) is 3.78. The molecule has 22 heavy (non-hydrogen) atoms. The van der Waals surface area contributed by atoms with Crippen LogP contribution in [0.1, 0.15) is 23.1 Å². The van der Waals surface area contributed by atoms with E-state index in [4.69, 9.17) is 0 Å². The molecule has 0 aliphatic carbocycles. The number of aryl methyl sites for hydroxylation is 1. The summed E-state index contributed by atoms with van der Waals surface area (Å²) in [5.74, 6) is 0.351. The van der Waals surface area contributed by atoms with Crippen LogP contribution in [0.25, 0.3) is 0 Å². The average molecular weight is 297 g/mol. The maximum atomic E-state index is 10.5. The van der Waals surface area contributed by atoms with Gasteiger partial charge in [-0.3, -0.25) is 4.90 Å². The van der Waals surface area contributed by atoms with Crippen LogP contribution in [0.15, 0.2) is 43.0 Å². The second-order valence-corrected chi connectivity index (χ2v) is 6.23. The number of aromatic nitrogens is 2. The minimum atomic E-state index is -0.266. The minimum Gasteiger partial charge on any atom is -0.391 e. The van der Waals surface area contributed by atoms with Crippen molar-refractivity contribution in [2.24, 2.45) is 5.92 Å². The van der Waals surface area contributed by atoms with Gasteiger partial charge < -0.3 is 5.11 Å². The molecular formula is C18H23N3O. The van der Waals surface area contributed by atoms with Crippen molar-refractivity contribution < 1.29 is 5.11 Å². The Bertz CT molecular complexity index is 602. The lowest BCUT2D eigenvalue weighted by atomic mass is 9.86. The third-order valence-corrected chi connectivity index (χ3v) is 4.57. The van der Waals surface area contributed by atoms with E-state index in [-0.39, 0.29) is 6.10 Å². The third kappa shape index (κ3) is 3.70. The number of piperidine rings is 1. The monoisotopic (exact) mass is 297 g/mol. The second kappa shape index (κ2) is 6.99. The van der Waals surface area contributed by atoms with E-state index in [1.807, 2.05) is 12.4 Å². The largest absolute Gasteiger partial charge is 0.391 e. The molecule has 2 aromatic rings. The molecule has 1 N–H and O–H groups in total. The molecule has 2 heterocycles. The van der Waals surface area contributed by atoms with Crippen LogP contribution < -0.4 is 0 Å². The molecule has 3 rings (SSSR count). The number of aliphatic hydroxyl groups excluding tert-OH is 1. The molecule has 1 aliphatic rings. The van der Waals surface area contributed by atoms with Gasteiger partial charge in [0.1, 0.15) is 6.33 Å². The molecule has 116 valence electrons. The van der Waals surface area contributed by atoms with Gasteiger partial charge in [0.15, 0.2) is 0 Å². The molecular weight excluding hydrogens is 274 g/mol. The molecule has 4 nitrogen and oxygen atoms in total. The van der Waals surface area contributed by atoms with Crippen molar-refractivity contribution in [2.45, 2.75) is 32.4 Å². The zero-order chi connectivity index (χ0) is 15.4. The molecule has 0 spiro atoms. The van der Waals surface area contributed by atoms with Crippen LogP contribution in [0.2, 0.25) is 0 Å². The highest BCUT2D eigenvalue weighted by Gasteiger charge is 2.28. The van der Waals surface area contributed by atoms with E-state index in [9.17, 15) is 5.11 Å². The molecule has 1 aliphatic heterocycles. The van der Waals surface area contributed by atoms with Crippen molar-refractivity contribution in [1.82, 2.24) is 14.9 Å². The Kier molecular flexibility index (Phi) is 4.80. The summed E-state index contributed by atoms with van der Waals surface area (Å²) in [6, 6.07) is 8.47. The Hall–Kier alpha value is -1.78. The maximum absolute atomic E-state index is 10.5. The van der Waals surface area contributed by atoms with Gasteiger partial charge in [-0.15, -0.1) is 0 Å². The van der Waals surface area contributed by atoms with Crippen molar-refractivity contribution in [1.29, 1.82) is 0 Å². The molecule has 1 fully saturated rings. The van der Waals surface area contributed by atoms with Gasteiger partial charge in [-0.05, 0) is 43.4 Å². The number of aliphatic hydroxyl groups is 1. The summed E-state index contributed by atoms with van der Waals surface area (Å²) in [4.78, 5) is 10.4. The van der Waals surface area contributed by atoms with Gasteiger partial charge in [0.2, 0.25) is 0 Å². The number of benzene rings is 1. The number of hydrogen-bond acceptors (Lipinski definition) is 4. The first kappa shape index (κ1) is 15.1. The summed E-state index contributed by atoms with van der Waals surface area (Å²) in [5, 5.41) is 10.5. The summed E-state index contributed by atoms with van der Waals surface area (Å²) in [6.45, 7) is 4.70. The van der Waals surface area contributed by atoms with Gasteiger partial charge in [0.25, 0.3) is 0 Å². The lowest BCUT2D eigenvalue weighted by Gasteiger charge is -2.36. The molecule has 0 unspecified atom stereocenters. The van der Waals surface area contributed by atoms with Crippen LogP contribution in [0.3, 0.4) is 0 Å². The zero-order valence-electron chi connectivity index (χ0n) is 13.0. The molecule has 0 amide bonds. The molecule has 0 bridgehead atoms. The first-order valence-corrected chi connectivity index (χ1v) is 7.91. The molecule has 4 heteroatoms. The molecule has 0 saturated carbocycles. The molecule has 0 radical (unpaired) electrons. The van der Waals surface area contributed by atoms with Crippen LogP contribution >= 0.6 is 0 Å². The summed E-state index contributed by atoms with van der Waals surface area (Å²) >= 11 is 0. The highest BCUT2D eigenvalue weighted by atomic mass is 16.3. The Morgan fingerprint density at radius 3 is 2.73 bits per heavy atom. The summed E-state index contributed by atoms with van der Waals surface area (Å²) in [6.07, 6.45) is 6.97. The standard InChI is InChI=1S/C18H23N3O/c1-14-4-2-3-5-16(14)8-17-6-7-21(12-18(17)22)11-15-9-19-13-20-10-15/h2-5,9-10,13,17-18,22H,6-8,11-12H2,1H3/t17-,18+/m1/s1. The van der Waals surface area contributed by atoms with Crippen molar-refractivity contribution in [2.75, 3.05) is 13.1 Å². The number of likely N-dealkylation sites (tertiary alicyclic amines) is 1. The Morgan fingerprint density at radius 2 is 2.00 bits per heavy atom. The van der Waals surface area contributed by atoms with Crippen molar-refractivity contribution in [3.8, 4) is 0 Å². The van der Waals surface area contributed by atoms with Gasteiger partial charge in [0.05, 0.1) is 6.10 Å². The quantitative estimate of drug-likeness (QED) is 0.940. The lowest BCUT2D eigenvalue weighted by molar-refractivity contribution is 0.0186. The van der Waals surface area contributed by atoms with Crippen LogP contribution in [-0.4, -0.2) is 39.2 Å². The summed E-state index contributed by atoms with van der Waals surface area (Å²) in [7, 11) is 0. The normalized spacial score (nSPS) is 22.6. The predicted octanol–water partition coefficient (Wildman–Crippen LogP) is 2.21. The van der Waals surface area contributed by atoms with Crippen LogP contribution in [0.5, 0.6) is 0 Å². The van der Waals surface area contributed by atoms with E-state index in [1.165, 1.54) is 11.1 Å². The molecule has 2 atom stereocenters. The first-order valence-electron chi connectivity index (χ1n) is 7.91. The van der Waals surface area contributed by atoms with Gasteiger partial charge in [-0.25, -0.2) is 9.97 Å². The first-order chi connectivity index (χ1) is 10.7. The zero-order valence-corrected chi connectivity index (χ0v) is 13.0. The maximum Gasteiger partial charge on any atom is 0.115 e. The Morgan fingerprint density at radius 1 is 1.23 bits per heavy atom. The third-order valence-electron chi connectivity index (χ3n) is 4.57. The van der Waals surface area contributed by atoms with E-state index in [2.05, 4.69) is 46.1 Å². The van der Waals surface area contributed by atoms with Gasteiger partial charge in [0, 0.05) is 31.0 Å². The Labute approximate surface area is 131 Å². The minimum absolute atomic E-state index is 0.266. The smallest absolute Gasteiger partial charge is 0.115 e. The molecule has 1 aromatic heterocycles. The SMILES string of the molecule is Cc1ccccc1C[C@H]1CCN(Cc2cncnc2)C[C@@H]1O. The number of nitrogens with zero attached hydrogens (tertiary/aromatic N) is 3.